The zero-order valence-corrected chi connectivity index (χ0v) is 13.9. The van der Waals surface area contributed by atoms with E-state index in [-0.39, 0.29) is 12.1 Å². The van der Waals surface area contributed by atoms with Gasteiger partial charge >= 0.3 is 6.09 Å². The molecule has 0 bridgehead atoms. The Morgan fingerprint density at radius 2 is 2.14 bits per heavy atom. The Morgan fingerprint density at radius 3 is 2.73 bits per heavy atom. The summed E-state index contributed by atoms with van der Waals surface area (Å²) in [7, 11) is 3.61. The highest BCUT2D eigenvalue weighted by Crippen LogP contribution is 2.31. The van der Waals surface area contributed by atoms with Crippen molar-refractivity contribution in [2.75, 3.05) is 20.8 Å². The smallest absolute Gasteiger partial charge is 0.410 e. The molecule has 1 unspecified atom stereocenters. The molecule has 0 spiro atoms. The van der Waals surface area contributed by atoms with E-state index in [9.17, 15) is 4.79 Å². The Kier molecular flexibility index (Phi) is 5.66. The standard InChI is InChI=1S/C17H26N2O3/c1-5-15-8-12-7-13(10-18-3)16(21-4)9-14(12)11-19(15)17(20)22-6-2/h7,9,15,18H,5-6,8,10-11H2,1-4H3. The van der Waals surface area contributed by atoms with E-state index in [1.807, 2.05) is 18.9 Å². The molecule has 22 heavy (non-hydrogen) atoms. The molecule has 2 rings (SSSR count). The number of rotatable bonds is 5. The quantitative estimate of drug-likeness (QED) is 0.909. The maximum Gasteiger partial charge on any atom is 0.410 e. The molecule has 1 aliphatic rings. The van der Waals surface area contributed by atoms with Gasteiger partial charge in [0.05, 0.1) is 13.7 Å². The van der Waals surface area contributed by atoms with Crippen molar-refractivity contribution in [3.63, 3.8) is 0 Å². The summed E-state index contributed by atoms with van der Waals surface area (Å²) in [6.45, 7) is 5.71. The molecular weight excluding hydrogens is 280 g/mol. The van der Waals surface area contributed by atoms with Crippen molar-refractivity contribution in [3.05, 3.63) is 28.8 Å². The van der Waals surface area contributed by atoms with E-state index in [4.69, 9.17) is 9.47 Å². The topological polar surface area (TPSA) is 50.8 Å². The van der Waals surface area contributed by atoms with Gasteiger partial charge in [0.15, 0.2) is 0 Å². The van der Waals surface area contributed by atoms with Gasteiger partial charge in [-0.3, -0.25) is 0 Å². The summed E-state index contributed by atoms with van der Waals surface area (Å²) >= 11 is 0. The molecule has 1 heterocycles. The number of carbonyl (C=O) groups is 1. The molecule has 0 aromatic heterocycles. The third-order valence-electron chi connectivity index (χ3n) is 4.18. The Hall–Kier alpha value is -1.75. The number of fused-ring (bicyclic) bond motifs is 1. The number of methoxy groups -OCH3 is 1. The van der Waals surface area contributed by atoms with Crippen LogP contribution >= 0.6 is 0 Å². The third kappa shape index (κ3) is 3.35. The minimum Gasteiger partial charge on any atom is -0.496 e. The Morgan fingerprint density at radius 1 is 1.36 bits per heavy atom. The van der Waals surface area contributed by atoms with Crippen LogP contribution in [0.2, 0.25) is 0 Å². The SMILES string of the molecule is CCOC(=O)N1Cc2cc(OC)c(CNC)cc2CC1CC. The van der Waals surface area contributed by atoms with Crippen LogP contribution in [0.25, 0.3) is 0 Å². The fourth-order valence-electron chi connectivity index (χ4n) is 3.04. The molecule has 122 valence electrons. The molecule has 1 aromatic carbocycles. The van der Waals surface area contributed by atoms with E-state index in [2.05, 4.69) is 24.4 Å². The largest absolute Gasteiger partial charge is 0.496 e. The summed E-state index contributed by atoms with van der Waals surface area (Å²) in [6, 6.07) is 4.46. The average molecular weight is 306 g/mol. The molecule has 5 heteroatoms. The van der Waals surface area contributed by atoms with Crippen LogP contribution in [0, 0.1) is 0 Å². The first-order chi connectivity index (χ1) is 10.6. The normalized spacial score (nSPS) is 17.1. The van der Waals surface area contributed by atoms with Crippen molar-refractivity contribution in [2.45, 2.75) is 45.8 Å². The lowest BCUT2D eigenvalue weighted by Gasteiger charge is -2.36. The predicted octanol–water partition coefficient (Wildman–Crippen LogP) is 2.71. The van der Waals surface area contributed by atoms with Crippen molar-refractivity contribution in [1.29, 1.82) is 0 Å². The van der Waals surface area contributed by atoms with Crippen LogP contribution in [0.4, 0.5) is 4.79 Å². The van der Waals surface area contributed by atoms with Crippen molar-refractivity contribution >= 4 is 6.09 Å². The number of nitrogens with zero attached hydrogens (tertiary/aromatic N) is 1. The number of amides is 1. The molecule has 1 aliphatic heterocycles. The van der Waals surface area contributed by atoms with Crippen LogP contribution in [0.15, 0.2) is 12.1 Å². The minimum absolute atomic E-state index is 0.197. The van der Waals surface area contributed by atoms with Crippen molar-refractivity contribution in [3.8, 4) is 5.75 Å². The number of carbonyl (C=O) groups excluding carboxylic acids is 1. The summed E-state index contributed by atoms with van der Waals surface area (Å²) in [5.41, 5.74) is 3.61. The van der Waals surface area contributed by atoms with Gasteiger partial charge in [0.2, 0.25) is 0 Å². The van der Waals surface area contributed by atoms with Crippen molar-refractivity contribution < 1.29 is 14.3 Å². The minimum atomic E-state index is -0.224. The monoisotopic (exact) mass is 306 g/mol. The maximum atomic E-state index is 12.2. The second-order valence-electron chi connectivity index (χ2n) is 5.56. The summed E-state index contributed by atoms with van der Waals surface area (Å²) in [5, 5.41) is 3.17. The first-order valence-corrected chi connectivity index (χ1v) is 7.91. The summed E-state index contributed by atoms with van der Waals surface area (Å²) in [6.07, 6.45) is 1.56. The highest BCUT2D eigenvalue weighted by molar-refractivity contribution is 5.69. The third-order valence-corrected chi connectivity index (χ3v) is 4.18. The van der Waals surface area contributed by atoms with Crippen LogP contribution < -0.4 is 10.1 Å². The first-order valence-electron chi connectivity index (χ1n) is 7.91. The zero-order valence-electron chi connectivity index (χ0n) is 13.9. The van der Waals surface area contributed by atoms with Gasteiger partial charge in [0, 0.05) is 24.7 Å². The van der Waals surface area contributed by atoms with Crippen LogP contribution in [0.3, 0.4) is 0 Å². The molecular formula is C17H26N2O3. The van der Waals surface area contributed by atoms with E-state index in [1.54, 1.807) is 7.11 Å². The van der Waals surface area contributed by atoms with Crippen LogP contribution in [-0.2, 0) is 24.2 Å². The van der Waals surface area contributed by atoms with Crippen molar-refractivity contribution in [2.24, 2.45) is 0 Å². The molecule has 0 radical (unpaired) electrons. The van der Waals surface area contributed by atoms with Gasteiger partial charge in [-0.05, 0) is 44.0 Å². The molecule has 1 N–H and O–H groups in total. The average Bonchev–Trinajstić information content (AvgIpc) is 2.53. The lowest BCUT2D eigenvalue weighted by Crippen LogP contribution is -2.44. The van der Waals surface area contributed by atoms with Gasteiger partial charge in [-0.1, -0.05) is 13.0 Å². The van der Waals surface area contributed by atoms with Gasteiger partial charge in [-0.2, -0.15) is 0 Å². The van der Waals surface area contributed by atoms with Gasteiger partial charge in [0.1, 0.15) is 5.75 Å². The van der Waals surface area contributed by atoms with Gasteiger partial charge in [-0.25, -0.2) is 4.79 Å². The summed E-state index contributed by atoms with van der Waals surface area (Å²) < 4.78 is 10.7. The Bertz CT molecular complexity index is 531. The van der Waals surface area contributed by atoms with E-state index in [1.165, 1.54) is 5.56 Å². The zero-order chi connectivity index (χ0) is 16.1. The molecule has 1 atom stereocenters. The highest BCUT2D eigenvalue weighted by atomic mass is 16.6. The second-order valence-corrected chi connectivity index (χ2v) is 5.56. The van der Waals surface area contributed by atoms with E-state index >= 15 is 0 Å². The van der Waals surface area contributed by atoms with E-state index in [0.717, 1.165) is 36.3 Å². The van der Waals surface area contributed by atoms with Crippen LogP contribution in [-0.4, -0.2) is 37.8 Å². The predicted molar refractivity (Wildman–Crippen MR) is 86.1 cm³/mol. The molecule has 0 aliphatic carbocycles. The molecule has 0 saturated carbocycles. The van der Waals surface area contributed by atoms with E-state index in [0.29, 0.717) is 13.2 Å². The number of ether oxygens (including phenoxy) is 2. The lowest BCUT2D eigenvalue weighted by atomic mass is 9.91. The van der Waals surface area contributed by atoms with Crippen LogP contribution in [0.5, 0.6) is 5.75 Å². The maximum absolute atomic E-state index is 12.2. The molecule has 0 saturated heterocycles. The number of hydrogen-bond acceptors (Lipinski definition) is 4. The number of nitrogens with one attached hydrogen (secondary N) is 1. The van der Waals surface area contributed by atoms with E-state index < -0.39 is 0 Å². The number of benzene rings is 1. The van der Waals surface area contributed by atoms with Gasteiger partial charge in [0.25, 0.3) is 0 Å². The second kappa shape index (κ2) is 7.49. The Balaban J connectivity index is 2.32. The molecule has 5 nitrogen and oxygen atoms in total. The Labute approximate surface area is 132 Å². The van der Waals surface area contributed by atoms with Gasteiger partial charge < -0.3 is 19.7 Å². The number of hydrogen-bond donors (Lipinski definition) is 1. The molecule has 0 fully saturated rings. The lowest BCUT2D eigenvalue weighted by molar-refractivity contribution is 0.0813. The van der Waals surface area contributed by atoms with Gasteiger partial charge in [-0.15, -0.1) is 0 Å². The molecule has 1 amide bonds. The fourth-order valence-corrected chi connectivity index (χ4v) is 3.04. The first kappa shape index (κ1) is 16.6. The fraction of sp³-hybridized carbons (Fsp3) is 0.588. The summed E-state index contributed by atoms with van der Waals surface area (Å²) in [5.74, 6) is 0.867. The molecule has 1 aromatic rings. The van der Waals surface area contributed by atoms with Crippen LogP contribution in [0.1, 0.15) is 37.0 Å². The summed E-state index contributed by atoms with van der Waals surface area (Å²) in [4.78, 5) is 14.0. The highest BCUT2D eigenvalue weighted by Gasteiger charge is 2.30. The van der Waals surface area contributed by atoms with Crippen molar-refractivity contribution in [1.82, 2.24) is 10.2 Å².